The van der Waals surface area contributed by atoms with E-state index in [9.17, 15) is 17.6 Å². The highest BCUT2D eigenvalue weighted by molar-refractivity contribution is 5.66. The average molecular weight is 255 g/mol. The first kappa shape index (κ1) is 12.4. The van der Waals surface area contributed by atoms with E-state index in [-0.39, 0.29) is 0 Å². The van der Waals surface area contributed by atoms with E-state index >= 15 is 0 Å². The molecule has 0 aliphatic carbocycles. The molecule has 0 amide bonds. The van der Waals surface area contributed by atoms with E-state index in [1.54, 1.807) is 24.3 Å². The second-order valence-corrected chi connectivity index (χ2v) is 3.81. The van der Waals surface area contributed by atoms with Crippen molar-refractivity contribution in [3.63, 3.8) is 0 Å². The van der Waals surface area contributed by atoms with Crippen molar-refractivity contribution in [3.05, 3.63) is 53.8 Å². The van der Waals surface area contributed by atoms with Gasteiger partial charge in [-0.15, -0.1) is 0 Å². The molecule has 1 nitrogen and oxygen atoms in total. The number of anilines is 1. The summed E-state index contributed by atoms with van der Waals surface area (Å²) in [6, 6.07) is 9.23. The first-order valence-corrected chi connectivity index (χ1v) is 5.10. The summed E-state index contributed by atoms with van der Waals surface area (Å²) in [6.07, 6.45) is -4.70. The molecular weight excluding hydrogens is 246 g/mol. The van der Waals surface area contributed by atoms with Gasteiger partial charge in [-0.05, 0) is 35.4 Å². The Morgan fingerprint density at radius 1 is 0.833 bits per heavy atom. The van der Waals surface area contributed by atoms with Gasteiger partial charge < -0.3 is 5.73 Å². The van der Waals surface area contributed by atoms with Gasteiger partial charge in [0.05, 0.1) is 5.56 Å². The van der Waals surface area contributed by atoms with Crippen LogP contribution in [0, 0.1) is 5.82 Å². The molecule has 0 atom stereocenters. The van der Waals surface area contributed by atoms with Gasteiger partial charge >= 0.3 is 6.18 Å². The van der Waals surface area contributed by atoms with Crippen LogP contribution in [0.1, 0.15) is 5.56 Å². The van der Waals surface area contributed by atoms with E-state index < -0.39 is 17.6 Å². The molecule has 0 saturated carbocycles. The molecule has 0 radical (unpaired) electrons. The minimum absolute atomic E-state index is 0.295. The van der Waals surface area contributed by atoms with E-state index in [4.69, 9.17) is 5.73 Å². The van der Waals surface area contributed by atoms with Crippen LogP contribution in [-0.2, 0) is 6.18 Å². The maximum atomic E-state index is 13.1. The molecule has 2 rings (SSSR count). The maximum Gasteiger partial charge on any atom is 0.419 e. The summed E-state index contributed by atoms with van der Waals surface area (Å²) < 4.78 is 50.8. The number of hydrogen-bond acceptors (Lipinski definition) is 1. The molecule has 0 unspecified atom stereocenters. The van der Waals surface area contributed by atoms with Crippen molar-refractivity contribution < 1.29 is 17.6 Å². The predicted molar refractivity (Wildman–Crippen MR) is 61.3 cm³/mol. The molecule has 0 aromatic heterocycles. The molecule has 2 N–H and O–H groups in total. The van der Waals surface area contributed by atoms with Gasteiger partial charge in [0.15, 0.2) is 0 Å². The van der Waals surface area contributed by atoms with E-state index in [1.807, 2.05) is 0 Å². The van der Waals surface area contributed by atoms with Crippen LogP contribution in [0.15, 0.2) is 42.5 Å². The Kier molecular flexibility index (Phi) is 2.98. The van der Waals surface area contributed by atoms with Crippen molar-refractivity contribution in [2.75, 3.05) is 5.73 Å². The molecule has 18 heavy (non-hydrogen) atoms. The molecular formula is C13H9F4N. The van der Waals surface area contributed by atoms with Crippen molar-refractivity contribution in [2.24, 2.45) is 0 Å². The van der Waals surface area contributed by atoms with Crippen LogP contribution in [0.4, 0.5) is 23.2 Å². The van der Waals surface area contributed by atoms with Crippen molar-refractivity contribution in [1.29, 1.82) is 0 Å². The van der Waals surface area contributed by atoms with Crippen molar-refractivity contribution in [2.45, 2.75) is 6.18 Å². The zero-order valence-electron chi connectivity index (χ0n) is 9.13. The summed E-state index contributed by atoms with van der Waals surface area (Å²) in [5.74, 6) is -1.28. The first-order chi connectivity index (χ1) is 8.38. The number of hydrogen-bond donors (Lipinski definition) is 1. The number of rotatable bonds is 1. The summed E-state index contributed by atoms with van der Waals surface area (Å²) in [5.41, 5.74) is 5.58. The summed E-state index contributed by atoms with van der Waals surface area (Å²) in [4.78, 5) is 0. The van der Waals surface area contributed by atoms with Crippen LogP contribution in [0.3, 0.4) is 0 Å². The van der Waals surface area contributed by atoms with Gasteiger partial charge in [-0.2, -0.15) is 13.2 Å². The molecule has 2 aromatic carbocycles. The third-order valence-corrected chi connectivity index (χ3v) is 2.52. The minimum atomic E-state index is -4.70. The fourth-order valence-electron chi connectivity index (χ4n) is 1.60. The summed E-state index contributed by atoms with van der Waals surface area (Å²) in [6.45, 7) is 0. The highest BCUT2D eigenvalue weighted by Gasteiger charge is 2.34. The fraction of sp³-hybridized carbons (Fsp3) is 0.0769. The Morgan fingerprint density at radius 3 is 1.94 bits per heavy atom. The van der Waals surface area contributed by atoms with Gasteiger partial charge in [0, 0.05) is 5.69 Å². The fourth-order valence-corrected chi connectivity index (χ4v) is 1.60. The van der Waals surface area contributed by atoms with Crippen LogP contribution in [0.2, 0.25) is 0 Å². The largest absolute Gasteiger partial charge is 0.419 e. The Hall–Kier alpha value is -2.04. The van der Waals surface area contributed by atoms with Gasteiger partial charge in [-0.25, -0.2) is 4.39 Å². The Morgan fingerprint density at radius 2 is 1.39 bits per heavy atom. The zero-order chi connectivity index (χ0) is 13.3. The zero-order valence-corrected chi connectivity index (χ0v) is 9.13. The molecule has 2 aromatic rings. The van der Waals surface area contributed by atoms with Crippen LogP contribution in [0.25, 0.3) is 11.1 Å². The normalized spacial score (nSPS) is 11.6. The Balaban J connectivity index is 2.50. The van der Waals surface area contributed by atoms with Crippen LogP contribution in [-0.4, -0.2) is 0 Å². The molecule has 0 fully saturated rings. The lowest BCUT2D eigenvalue weighted by Gasteiger charge is -2.10. The van der Waals surface area contributed by atoms with Crippen molar-refractivity contribution in [3.8, 4) is 11.1 Å². The summed E-state index contributed by atoms with van der Waals surface area (Å²) >= 11 is 0. The molecule has 0 aliphatic rings. The third kappa shape index (κ3) is 2.45. The quantitative estimate of drug-likeness (QED) is 0.602. The molecule has 0 heterocycles. The van der Waals surface area contributed by atoms with Gasteiger partial charge in [-0.3, -0.25) is 0 Å². The van der Waals surface area contributed by atoms with Gasteiger partial charge in [0.1, 0.15) is 5.82 Å². The predicted octanol–water partition coefficient (Wildman–Crippen LogP) is 4.09. The number of alkyl halides is 3. The van der Waals surface area contributed by atoms with Gasteiger partial charge in [0.25, 0.3) is 0 Å². The monoisotopic (exact) mass is 255 g/mol. The lowest BCUT2D eigenvalue weighted by molar-refractivity contribution is -0.139. The van der Waals surface area contributed by atoms with E-state index in [1.165, 1.54) is 6.07 Å². The maximum absolute atomic E-state index is 13.1. The second-order valence-electron chi connectivity index (χ2n) is 3.81. The number of nitrogen functional groups attached to an aromatic ring is 1. The number of benzene rings is 2. The highest BCUT2D eigenvalue weighted by atomic mass is 19.4. The Bertz CT molecular complexity index is 558. The standard InChI is InChI=1S/C13H9F4N/c14-12-6-3-9(7-11(12)13(15,16)17)8-1-4-10(18)5-2-8/h1-7H,18H2. The minimum Gasteiger partial charge on any atom is -0.399 e. The third-order valence-electron chi connectivity index (χ3n) is 2.52. The van der Waals surface area contributed by atoms with Crippen LogP contribution in [0.5, 0.6) is 0 Å². The molecule has 0 saturated heterocycles. The average Bonchev–Trinajstić information content (AvgIpc) is 2.29. The Labute approximate surface area is 101 Å². The summed E-state index contributed by atoms with van der Waals surface area (Å²) in [5, 5.41) is 0. The van der Waals surface area contributed by atoms with Crippen LogP contribution >= 0.6 is 0 Å². The van der Waals surface area contributed by atoms with E-state index in [0.29, 0.717) is 16.8 Å². The van der Waals surface area contributed by atoms with Gasteiger partial charge in [-0.1, -0.05) is 18.2 Å². The van der Waals surface area contributed by atoms with Crippen LogP contribution < -0.4 is 5.73 Å². The second kappa shape index (κ2) is 4.33. The SMILES string of the molecule is Nc1ccc(-c2ccc(F)c(C(F)(F)F)c2)cc1. The van der Waals surface area contributed by atoms with Crippen molar-refractivity contribution in [1.82, 2.24) is 0 Å². The number of nitrogens with two attached hydrogens (primary N) is 1. The molecule has 94 valence electrons. The molecule has 5 heteroatoms. The van der Waals surface area contributed by atoms with Crippen molar-refractivity contribution >= 4 is 5.69 Å². The summed E-state index contributed by atoms with van der Waals surface area (Å²) in [7, 11) is 0. The molecule has 0 bridgehead atoms. The highest BCUT2D eigenvalue weighted by Crippen LogP contribution is 2.34. The smallest absolute Gasteiger partial charge is 0.399 e. The molecule has 0 spiro atoms. The van der Waals surface area contributed by atoms with Gasteiger partial charge in [0.2, 0.25) is 0 Å². The molecule has 0 aliphatic heterocycles. The van der Waals surface area contributed by atoms with E-state index in [0.717, 1.165) is 12.1 Å². The first-order valence-electron chi connectivity index (χ1n) is 5.10. The lowest BCUT2D eigenvalue weighted by atomic mass is 10.0. The van der Waals surface area contributed by atoms with E-state index in [2.05, 4.69) is 0 Å². The lowest BCUT2D eigenvalue weighted by Crippen LogP contribution is -2.08. The number of halogens is 4. The topological polar surface area (TPSA) is 26.0 Å².